The molecule has 37 nitrogen and oxygen atoms in total. The molecule has 37 heteroatoms. The van der Waals surface area contributed by atoms with Gasteiger partial charge in [-0.15, -0.1) is 0 Å². The number of aliphatic hydroxyl groups is 1. The maximum Gasteiger partial charge on any atom is 0.326 e. The van der Waals surface area contributed by atoms with E-state index in [2.05, 4.69) is 73.4 Å². The molecule has 3 heterocycles. The lowest BCUT2D eigenvalue weighted by atomic mass is 10.00. The van der Waals surface area contributed by atoms with Crippen molar-refractivity contribution < 1.29 is 92.3 Å². The normalized spacial score (nSPS) is 14.6. The topological polar surface area (TPSA) is 621 Å². The number of nitrogens with one attached hydrogen (secondary N) is 14. The Labute approximate surface area is 657 Å². The number of unbranched alkanes of at least 4 members (excludes halogenated alkanes) is 2. The Bertz CT molecular complexity index is 4350. The van der Waals surface area contributed by atoms with E-state index in [4.69, 9.17) is 22.9 Å². The molecular formula is C77H108N18O19. The van der Waals surface area contributed by atoms with Crippen molar-refractivity contribution in [2.45, 2.75) is 210 Å². The summed E-state index contributed by atoms with van der Waals surface area (Å²) in [7, 11) is 0. The van der Waals surface area contributed by atoms with Gasteiger partial charge in [0, 0.05) is 83.4 Å². The molecule has 0 saturated carbocycles. The summed E-state index contributed by atoms with van der Waals surface area (Å²) in [5.41, 5.74) is 26.3. The minimum absolute atomic E-state index is 0.0400. The van der Waals surface area contributed by atoms with E-state index in [-0.39, 0.29) is 89.1 Å². The standard InChI is InChI=1S/C77H108N18O19/c1-40(2)30-56(89-68(104)53(22-12-14-28-78)86-67(103)49(80)24-26-63(81)97)73(109)93-60(35-65(100)101)75(111)87-54(23-13-15-29-79)69(105)91-58(32-43-36-82-50-19-9-6-16-46(43)50)71(107)85-42(5)66(102)95-62(39-96)76(112)90-57(31-41(3)4)72(108)92-59(33-44-37-83-51-20-10-7-17-47(44)51)74(110)88-55(25-27-64(98)99)70(106)94-61(77(113)114)34-45-38-84-52-21-11-8-18-48(45)52/h6-11,16-21,36-38,40-42,49,53-62,82-84,96H,12-15,22-35,39,78-80H2,1-5H3,(H2,81,97)(H,85,107)(H,86,103)(H,87,111)(H,88,110)(H,89,104)(H,90,112)(H,91,105)(H,92,108)(H,93,109)(H,94,106)(H,95,102)(H,98,99)(H,100,101)(H,113,114)/t42-,49-,53-,54-,55-,56-,57-,58-,59-,60-,61-,62-/m0/s1. The number of carboxylic acid groups (broad SMARTS) is 3. The lowest BCUT2D eigenvalue weighted by Gasteiger charge is -2.28. The first-order chi connectivity index (χ1) is 54.2. The van der Waals surface area contributed by atoms with Crippen molar-refractivity contribution in [2.75, 3.05) is 19.7 Å². The average molecular weight is 1590 g/mol. The fourth-order valence-corrected chi connectivity index (χ4v) is 12.8. The van der Waals surface area contributed by atoms with Crippen LogP contribution in [0.2, 0.25) is 0 Å². The molecule has 12 amide bonds. The van der Waals surface area contributed by atoms with Gasteiger partial charge in [-0.25, -0.2) is 4.79 Å². The molecular weight excluding hydrogens is 1480 g/mol. The number of fused-ring (bicyclic) bond motifs is 3. The van der Waals surface area contributed by atoms with Crippen LogP contribution in [0.3, 0.4) is 0 Å². The minimum atomic E-state index is -1.90. The first-order valence-electron chi connectivity index (χ1n) is 37.9. The zero-order valence-electron chi connectivity index (χ0n) is 64.4. The number of para-hydroxylation sites is 3. The molecule has 620 valence electrons. The van der Waals surface area contributed by atoms with Crippen LogP contribution in [0, 0.1) is 11.8 Å². The minimum Gasteiger partial charge on any atom is -0.481 e. The molecule has 3 aromatic carbocycles. The van der Waals surface area contributed by atoms with E-state index in [1.807, 2.05) is 0 Å². The second kappa shape index (κ2) is 45.0. The van der Waals surface area contributed by atoms with Crippen LogP contribution in [0.15, 0.2) is 91.4 Å². The smallest absolute Gasteiger partial charge is 0.326 e. The van der Waals surface area contributed by atoms with Crippen LogP contribution >= 0.6 is 0 Å². The van der Waals surface area contributed by atoms with Crippen LogP contribution < -0.4 is 81.4 Å². The number of hydrogen-bond acceptors (Lipinski definition) is 19. The highest BCUT2D eigenvalue weighted by Gasteiger charge is 2.38. The van der Waals surface area contributed by atoms with Gasteiger partial charge in [0.05, 0.1) is 19.1 Å². The summed E-state index contributed by atoms with van der Waals surface area (Å²) < 4.78 is 0. The summed E-state index contributed by atoms with van der Waals surface area (Å²) in [6, 6.07) is 2.29. The fourth-order valence-electron chi connectivity index (χ4n) is 12.8. The zero-order valence-corrected chi connectivity index (χ0v) is 64.4. The number of rotatable bonds is 50. The maximum atomic E-state index is 14.8. The van der Waals surface area contributed by atoms with E-state index < -0.39 is 187 Å². The predicted octanol–water partition coefficient (Wildman–Crippen LogP) is -1.13. The number of carbonyl (C=O) groups excluding carboxylic acids is 12. The number of aromatic nitrogens is 3. The molecule has 0 radical (unpaired) electrons. The van der Waals surface area contributed by atoms with Crippen LogP contribution in [0.5, 0.6) is 0 Å². The van der Waals surface area contributed by atoms with Crippen LogP contribution in [-0.2, 0) is 91.2 Å². The summed E-state index contributed by atoms with van der Waals surface area (Å²) in [6.45, 7) is 7.38. The van der Waals surface area contributed by atoms with Crippen molar-refractivity contribution in [3.05, 3.63) is 108 Å². The molecule has 6 rings (SSSR count). The Morgan fingerprint density at radius 2 is 0.702 bits per heavy atom. The lowest BCUT2D eigenvalue weighted by Crippen LogP contribution is -2.61. The first-order valence-corrected chi connectivity index (χ1v) is 37.9. The van der Waals surface area contributed by atoms with Crippen molar-refractivity contribution in [1.82, 2.24) is 73.4 Å². The largest absolute Gasteiger partial charge is 0.481 e. The van der Waals surface area contributed by atoms with Crippen LogP contribution in [0.4, 0.5) is 0 Å². The number of carboxylic acids is 3. The third kappa shape index (κ3) is 28.4. The zero-order chi connectivity index (χ0) is 83.9. The van der Waals surface area contributed by atoms with Gasteiger partial charge < -0.3 is 117 Å². The van der Waals surface area contributed by atoms with Gasteiger partial charge in [-0.3, -0.25) is 67.1 Å². The molecule has 6 aromatic rings. The molecule has 0 bridgehead atoms. The van der Waals surface area contributed by atoms with Gasteiger partial charge in [0.15, 0.2) is 0 Å². The summed E-state index contributed by atoms with van der Waals surface area (Å²) in [4.78, 5) is 215. The van der Waals surface area contributed by atoms with E-state index in [0.29, 0.717) is 68.7 Å². The second-order valence-electron chi connectivity index (χ2n) is 29.0. The molecule has 0 spiro atoms. The summed E-state index contributed by atoms with van der Waals surface area (Å²) in [5.74, 6) is -16.7. The van der Waals surface area contributed by atoms with Crippen molar-refractivity contribution in [3.63, 3.8) is 0 Å². The summed E-state index contributed by atoms with van der Waals surface area (Å²) >= 11 is 0. The number of H-pyrrole nitrogens is 3. The molecule has 0 aliphatic carbocycles. The van der Waals surface area contributed by atoms with Crippen molar-refractivity contribution in [2.24, 2.45) is 34.8 Å². The number of benzene rings is 3. The van der Waals surface area contributed by atoms with E-state index in [0.717, 1.165) is 0 Å². The van der Waals surface area contributed by atoms with E-state index >= 15 is 0 Å². The van der Waals surface area contributed by atoms with Crippen LogP contribution in [0.1, 0.15) is 135 Å². The van der Waals surface area contributed by atoms with Crippen molar-refractivity contribution in [1.29, 1.82) is 0 Å². The lowest BCUT2D eigenvalue weighted by molar-refractivity contribution is -0.143. The molecule has 0 unspecified atom stereocenters. The molecule has 0 saturated heterocycles. The molecule has 114 heavy (non-hydrogen) atoms. The predicted molar refractivity (Wildman–Crippen MR) is 418 cm³/mol. The highest BCUT2D eigenvalue weighted by atomic mass is 16.4. The van der Waals surface area contributed by atoms with Gasteiger partial charge in [0.25, 0.3) is 0 Å². The van der Waals surface area contributed by atoms with Crippen molar-refractivity contribution >= 4 is 122 Å². The number of nitrogens with two attached hydrogens (primary N) is 4. The Morgan fingerprint density at radius 1 is 0.368 bits per heavy atom. The van der Waals surface area contributed by atoms with E-state index in [9.17, 15) is 92.3 Å². The monoisotopic (exact) mass is 1590 g/mol. The quantitative estimate of drug-likeness (QED) is 0.0201. The summed E-state index contributed by atoms with van der Waals surface area (Å²) in [6.07, 6.45) is 2.43. The van der Waals surface area contributed by atoms with Crippen molar-refractivity contribution in [3.8, 4) is 0 Å². The molecule has 12 atom stereocenters. The number of aromatic amines is 3. The number of amides is 12. The van der Waals surface area contributed by atoms with Crippen LogP contribution in [0.25, 0.3) is 32.7 Å². The number of carbonyl (C=O) groups is 15. The molecule has 26 N–H and O–H groups in total. The molecule has 0 aliphatic rings. The van der Waals surface area contributed by atoms with Crippen LogP contribution in [-0.4, -0.2) is 216 Å². The summed E-state index contributed by atoms with van der Waals surface area (Å²) in [5, 5.41) is 70.6. The number of aliphatic hydroxyl groups excluding tert-OH is 1. The molecule has 0 fully saturated rings. The Morgan fingerprint density at radius 3 is 1.10 bits per heavy atom. The highest BCUT2D eigenvalue weighted by molar-refractivity contribution is 6.01. The third-order valence-corrected chi connectivity index (χ3v) is 18.9. The Hall–Kier alpha value is -11.8. The van der Waals surface area contributed by atoms with E-state index in [1.165, 1.54) is 6.92 Å². The Balaban J connectivity index is 1.20. The second-order valence-corrected chi connectivity index (χ2v) is 29.0. The Kier molecular flexibility index (Phi) is 36.0. The van der Waals surface area contributed by atoms with Gasteiger partial charge in [-0.2, -0.15) is 0 Å². The molecule has 0 aliphatic heterocycles. The SMILES string of the molecule is CC(C)C[C@H](NC(=O)[C@H](CO)NC(=O)[C@H](C)NC(=O)[C@H](Cc1c[nH]c2ccccc12)NC(=O)[C@H](CCCCN)NC(=O)[C@H](CC(=O)O)NC(=O)[C@H](CC(C)C)NC(=O)[C@H](CCCCN)NC(=O)[C@@H](N)CCC(N)=O)C(=O)N[C@@H](Cc1c[nH]c2ccccc12)C(=O)N[C@@H](CCC(=O)O)C(=O)N[C@@H](Cc1c[nH]c2ccccc12)C(=O)O. The van der Waals surface area contributed by atoms with Gasteiger partial charge in [0.2, 0.25) is 70.9 Å². The highest BCUT2D eigenvalue weighted by Crippen LogP contribution is 2.24. The first kappa shape index (κ1) is 91.1. The van der Waals surface area contributed by atoms with E-state index in [1.54, 1.807) is 119 Å². The van der Waals surface area contributed by atoms with Gasteiger partial charge in [-0.05, 0) is 131 Å². The average Bonchev–Trinajstić information content (AvgIpc) is 1.71. The number of hydrogen-bond donors (Lipinski definition) is 22. The fraction of sp³-hybridized carbons (Fsp3) is 0.494. The van der Waals surface area contributed by atoms with Gasteiger partial charge in [-0.1, -0.05) is 82.3 Å². The number of primary amides is 1. The number of aliphatic carboxylic acids is 3. The third-order valence-electron chi connectivity index (χ3n) is 18.9. The van der Waals surface area contributed by atoms with Gasteiger partial charge >= 0.3 is 17.9 Å². The van der Waals surface area contributed by atoms with Gasteiger partial charge in [0.1, 0.15) is 66.5 Å². The maximum absolute atomic E-state index is 14.8. The molecule has 3 aromatic heterocycles.